The van der Waals surface area contributed by atoms with Gasteiger partial charge in [0.1, 0.15) is 38.3 Å². The Kier molecular flexibility index (Phi) is 40.0. The Morgan fingerprint density at radius 1 is 0.391 bits per heavy atom. The summed E-state index contributed by atoms with van der Waals surface area (Å²) >= 11 is 0. The van der Waals surface area contributed by atoms with Gasteiger partial charge in [0.05, 0.1) is 6.61 Å². The number of rotatable bonds is 45. The molecular formula is C53H99NO10. The van der Waals surface area contributed by atoms with Gasteiger partial charge in [0.15, 0.2) is 0 Å². The maximum absolute atomic E-state index is 13.6. The molecule has 0 heterocycles. The zero-order valence-corrected chi connectivity index (χ0v) is 42.7. The van der Waals surface area contributed by atoms with E-state index < -0.39 is 48.3 Å². The minimum Gasteiger partial charge on any atom is -0.465 e. The Bertz CT molecular complexity index is 1100. The summed E-state index contributed by atoms with van der Waals surface area (Å²) < 4.78 is 29.2. The largest absolute Gasteiger partial charge is 0.465 e. The molecule has 11 nitrogen and oxygen atoms in total. The van der Waals surface area contributed by atoms with E-state index >= 15 is 0 Å². The summed E-state index contributed by atoms with van der Waals surface area (Å²) in [6.07, 6.45) is 26.8. The Labute approximate surface area is 392 Å². The van der Waals surface area contributed by atoms with E-state index in [-0.39, 0.29) is 63.4 Å². The molecule has 0 atom stereocenters. The molecule has 0 aromatic carbocycles. The monoisotopic (exact) mass is 910 g/mol. The number of carbonyl (C=O) groups is 5. The fourth-order valence-corrected chi connectivity index (χ4v) is 8.08. The molecule has 0 aliphatic carbocycles. The van der Waals surface area contributed by atoms with Gasteiger partial charge in [-0.15, -0.1) is 0 Å². The Balaban J connectivity index is 6.40. The van der Waals surface area contributed by atoms with Gasteiger partial charge >= 0.3 is 29.8 Å². The SMILES string of the molecule is CCCCCC(CCCCC)COC(=O)CC(=O)OCC(COC(=O)CCCCN(C)C)(COC(=O)CC(CCCCC)CCCCC)COC(=O)CC(CCCCC)CCCCC. The minimum atomic E-state index is -1.40. The van der Waals surface area contributed by atoms with Crippen LogP contribution in [0, 0.1) is 23.2 Å². The Hall–Kier alpha value is -2.69. The molecule has 0 unspecified atom stereocenters. The van der Waals surface area contributed by atoms with E-state index in [9.17, 15) is 24.0 Å². The van der Waals surface area contributed by atoms with E-state index in [1.54, 1.807) is 0 Å². The van der Waals surface area contributed by atoms with Gasteiger partial charge in [-0.25, -0.2) is 0 Å². The van der Waals surface area contributed by atoms with Crippen LogP contribution >= 0.6 is 0 Å². The highest BCUT2D eigenvalue weighted by molar-refractivity contribution is 5.91. The van der Waals surface area contributed by atoms with E-state index in [1.807, 2.05) is 14.1 Å². The fourth-order valence-electron chi connectivity index (χ4n) is 8.08. The van der Waals surface area contributed by atoms with Crippen molar-refractivity contribution in [3.8, 4) is 0 Å². The molecule has 0 spiro atoms. The molecule has 0 saturated heterocycles. The lowest BCUT2D eigenvalue weighted by atomic mass is 9.90. The lowest BCUT2D eigenvalue weighted by molar-refractivity contribution is -0.172. The van der Waals surface area contributed by atoms with E-state index in [0.717, 1.165) is 167 Å². The van der Waals surface area contributed by atoms with Crippen LogP contribution in [0.2, 0.25) is 0 Å². The van der Waals surface area contributed by atoms with Crippen LogP contribution in [0.5, 0.6) is 0 Å². The highest BCUT2D eigenvalue weighted by Crippen LogP contribution is 2.27. The van der Waals surface area contributed by atoms with Crippen LogP contribution in [0.1, 0.15) is 234 Å². The molecule has 0 saturated carbocycles. The summed E-state index contributed by atoms with van der Waals surface area (Å²) in [7, 11) is 3.96. The molecule has 0 aliphatic heterocycles. The second-order valence-corrected chi connectivity index (χ2v) is 19.2. The van der Waals surface area contributed by atoms with Crippen molar-refractivity contribution in [2.24, 2.45) is 23.2 Å². The van der Waals surface area contributed by atoms with Crippen molar-refractivity contribution in [1.82, 2.24) is 4.90 Å². The van der Waals surface area contributed by atoms with Crippen LogP contribution in [-0.2, 0) is 47.7 Å². The standard InChI is InChI=1S/C53H99NO10/c1-9-15-21-29-45(30-22-16-10-2)37-49(56)62-42-53(41-61-48(55)35-27-28-36-54(7)8,43-63-50(57)38-46(31-23-17-11-3)32-24-18-12-4)44-64-52(59)39-51(58)60-40-47(33-25-19-13-5)34-26-20-14-6/h45-47H,9-44H2,1-8H3. The van der Waals surface area contributed by atoms with E-state index in [0.29, 0.717) is 6.42 Å². The highest BCUT2D eigenvalue weighted by Gasteiger charge is 2.38. The third-order valence-corrected chi connectivity index (χ3v) is 12.4. The van der Waals surface area contributed by atoms with Crippen LogP contribution in [0.4, 0.5) is 0 Å². The molecule has 376 valence electrons. The zero-order valence-electron chi connectivity index (χ0n) is 42.7. The second kappa shape index (κ2) is 41.7. The topological polar surface area (TPSA) is 135 Å². The Morgan fingerprint density at radius 3 is 1.08 bits per heavy atom. The van der Waals surface area contributed by atoms with E-state index in [4.69, 9.17) is 23.7 Å². The van der Waals surface area contributed by atoms with Crippen molar-refractivity contribution in [3.05, 3.63) is 0 Å². The van der Waals surface area contributed by atoms with E-state index in [1.165, 1.54) is 0 Å². The average Bonchev–Trinajstić information content (AvgIpc) is 3.26. The fraction of sp³-hybridized carbons (Fsp3) is 0.906. The molecule has 0 radical (unpaired) electrons. The molecule has 11 heteroatoms. The lowest BCUT2D eigenvalue weighted by Gasteiger charge is -2.32. The van der Waals surface area contributed by atoms with Crippen LogP contribution in [-0.4, -0.2) is 88.4 Å². The molecule has 0 bridgehead atoms. The summed E-state index contributed by atoms with van der Waals surface area (Å²) in [6.45, 7) is 12.8. The van der Waals surface area contributed by atoms with Gasteiger partial charge in [0.25, 0.3) is 0 Å². The van der Waals surface area contributed by atoms with Gasteiger partial charge in [-0.1, -0.05) is 157 Å². The molecule has 0 amide bonds. The average molecular weight is 910 g/mol. The first kappa shape index (κ1) is 61.3. The predicted octanol–water partition coefficient (Wildman–Crippen LogP) is 12.9. The number of hydrogen-bond donors (Lipinski definition) is 0. The van der Waals surface area contributed by atoms with Gasteiger partial charge in [-0.05, 0) is 89.8 Å². The van der Waals surface area contributed by atoms with Crippen molar-refractivity contribution in [1.29, 1.82) is 0 Å². The lowest BCUT2D eigenvalue weighted by Crippen LogP contribution is -2.44. The number of unbranched alkanes of at least 4 members (excludes halogenated alkanes) is 13. The third kappa shape index (κ3) is 35.6. The maximum atomic E-state index is 13.6. The van der Waals surface area contributed by atoms with Crippen molar-refractivity contribution in [2.45, 2.75) is 234 Å². The van der Waals surface area contributed by atoms with Crippen LogP contribution < -0.4 is 0 Å². The van der Waals surface area contributed by atoms with Crippen LogP contribution in [0.3, 0.4) is 0 Å². The first-order valence-corrected chi connectivity index (χ1v) is 26.3. The number of hydrogen-bond acceptors (Lipinski definition) is 11. The maximum Gasteiger partial charge on any atom is 0.317 e. The first-order chi connectivity index (χ1) is 30.9. The van der Waals surface area contributed by atoms with Crippen molar-refractivity contribution in [2.75, 3.05) is 53.7 Å². The summed E-state index contributed by atoms with van der Waals surface area (Å²) in [6, 6.07) is 0. The summed E-state index contributed by atoms with van der Waals surface area (Å²) in [5.74, 6) is -2.10. The summed E-state index contributed by atoms with van der Waals surface area (Å²) in [5, 5.41) is 0. The highest BCUT2D eigenvalue weighted by atomic mass is 16.6. The van der Waals surface area contributed by atoms with Gasteiger partial charge in [-0.2, -0.15) is 0 Å². The number of esters is 5. The molecule has 0 aliphatic rings. The first-order valence-electron chi connectivity index (χ1n) is 26.3. The minimum absolute atomic E-state index is 0.178. The molecular weight excluding hydrogens is 811 g/mol. The quantitative estimate of drug-likeness (QED) is 0.0250. The number of ether oxygens (including phenoxy) is 5. The molecule has 0 aromatic rings. The van der Waals surface area contributed by atoms with Crippen molar-refractivity contribution in [3.63, 3.8) is 0 Å². The predicted molar refractivity (Wildman–Crippen MR) is 259 cm³/mol. The molecule has 64 heavy (non-hydrogen) atoms. The van der Waals surface area contributed by atoms with Gasteiger partial charge in [0.2, 0.25) is 0 Å². The number of nitrogens with zero attached hydrogens (tertiary/aromatic N) is 1. The molecule has 0 rings (SSSR count). The molecule has 0 N–H and O–H groups in total. The Morgan fingerprint density at radius 2 is 0.719 bits per heavy atom. The zero-order chi connectivity index (χ0) is 47.7. The van der Waals surface area contributed by atoms with Gasteiger partial charge in [-0.3, -0.25) is 24.0 Å². The second-order valence-electron chi connectivity index (χ2n) is 19.2. The third-order valence-electron chi connectivity index (χ3n) is 12.4. The molecule has 0 fully saturated rings. The molecule has 0 aromatic heterocycles. The van der Waals surface area contributed by atoms with Gasteiger partial charge < -0.3 is 28.6 Å². The van der Waals surface area contributed by atoms with Gasteiger partial charge in [0, 0.05) is 19.3 Å². The normalized spacial score (nSPS) is 11.8. The summed E-state index contributed by atoms with van der Waals surface area (Å²) in [5.41, 5.74) is -1.40. The van der Waals surface area contributed by atoms with Crippen molar-refractivity contribution < 1.29 is 47.7 Å². The smallest absolute Gasteiger partial charge is 0.317 e. The number of carbonyl (C=O) groups excluding carboxylic acids is 5. The van der Waals surface area contributed by atoms with Crippen LogP contribution in [0.15, 0.2) is 0 Å². The summed E-state index contributed by atoms with van der Waals surface area (Å²) in [4.78, 5) is 68.8. The van der Waals surface area contributed by atoms with Crippen LogP contribution in [0.25, 0.3) is 0 Å². The van der Waals surface area contributed by atoms with E-state index in [2.05, 4.69) is 46.4 Å². The van der Waals surface area contributed by atoms with Crippen molar-refractivity contribution >= 4 is 29.8 Å².